The molecular formula is C30H30Zr+2. The van der Waals surface area contributed by atoms with Gasteiger partial charge < -0.3 is 13.8 Å². The Morgan fingerprint density at radius 2 is 0.710 bits per heavy atom. The second-order valence-corrected chi connectivity index (χ2v) is 7.54. The Hall–Kier alpha value is -0.937. The van der Waals surface area contributed by atoms with Crippen LogP contribution in [0.1, 0.15) is 24.0 Å². The van der Waals surface area contributed by atoms with Crippen LogP contribution in [0.15, 0.2) is 60.7 Å². The average molecular weight is 482 g/mol. The zero-order valence-electron chi connectivity index (χ0n) is 18.0. The number of benzene rings is 2. The van der Waals surface area contributed by atoms with Crippen molar-refractivity contribution < 1.29 is 26.2 Å². The molecule has 0 amide bonds. The number of hydrogen-bond acceptors (Lipinski definition) is 0. The van der Waals surface area contributed by atoms with E-state index in [1.165, 1.54) is 22.3 Å². The van der Waals surface area contributed by atoms with E-state index in [0.29, 0.717) is 11.8 Å². The quantitative estimate of drug-likeness (QED) is 0.394. The van der Waals surface area contributed by atoms with Crippen LogP contribution in [0.4, 0.5) is 0 Å². The van der Waals surface area contributed by atoms with E-state index in [9.17, 15) is 0 Å². The van der Waals surface area contributed by atoms with Crippen LogP contribution in [-0.2, 0) is 26.2 Å². The van der Waals surface area contributed by atoms with Crippen LogP contribution in [0.3, 0.4) is 0 Å². The zero-order chi connectivity index (χ0) is 21.0. The van der Waals surface area contributed by atoms with Crippen LogP contribution in [0.2, 0.25) is 0 Å². The zero-order valence-corrected chi connectivity index (χ0v) is 20.5. The topological polar surface area (TPSA) is 0 Å². The first-order valence-electron chi connectivity index (χ1n) is 10.6. The van der Waals surface area contributed by atoms with Crippen molar-refractivity contribution in [1.29, 1.82) is 0 Å². The average Bonchev–Trinajstić information content (AvgIpc) is 3.56. The van der Waals surface area contributed by atoms with Crippen LogP contribution < -0.4 is 0 Å². The van der Waals surface area contributed by atoms with Gasteiger partial charge in [-0.2, -0.15) is 11.8 Å². The van der Waals surface area contributed by atoms with Crippen LogP contribution in [-0.4, -0.2) is 0 Å². The third-order valence-electron chi connectivity index (χ3n) is 5.32. The Morgan fingerprint density at radius 3 is 0.968 bits per heavy atom. The van der Waals surface area contributed by atoms with Gasteiger partial charge in [-0.05, 0) is 86.5 Å². The van der Waals surface area contributed by atoms with E-state index in [-0.39, 0.29) is 26.2 Å². The Morgan fingerprint density at radius 1 is 0.452 bits per heavy atom. The summed E-state index contributed by atoms with van der Waals surface area (Å²) in [5.74, 6) is 0.801. The molecule has 0 heterocycles. The molecular weight excluding hydrogens is 452 g/mol. The van der Waals surface area contributed by atoms with Crippen LogP contribution >= 0.6 is 0 Å². The Bertz CT molecular complexity index is 658. The van der Waals surface area contributed by atoms with Crippen LogP contribution in [0.5, 0.6) is 0 Å². The molecule has 5 rings (SSSR count). The van der Waals surface area contributed by atoms with Crippen molar-refractivity contribution in [3.05, 3.63) is 150 Å². The standard InChI is InChI=1S/C20H20.2C5H5.Zr/c1-15-13-19(17-9-5-3-6-10-17)20(14-16(15)2)18-11-7-4-8-12-18;2*1-2-4-5-3-1;/h3-12,15-16H,1-2,13-14H2;2*1-5H;/q-2;;;+4/t15-,16+;;;. The summed E-state index contributed by atoms with van der Waals surface area (Å²) in [4.78, 5) is 0. The maximum Gasteiger partial charge on any atom is 4.00 e. The van der Waals surface area contributed by atoms with Gasteiger partial charge in [-0.15, -0.1) is 0 Å². The first-order valence-corrected chi connectivity index (χ1v) is 10.6. The molecule has 2 fully saturated rings. The Labute approximate surface area is 211 Å². The maximum absolute atomic E-state index is 4.29. The van der Waals surface area contributed by atoms with Crippen molar-refractivity contribution in [2.24, 2.45) is 11.8 Å². The van der Waals surface area contributed by atoms with Crippen molar-refractivity contribution in [2.75, 3.05) is 0 Å². The fraction of sp³-hybridized carbons (Fsp3) is 0.133. The molecule has 10 radical (unpaired) electrons. The van der Waals surface area contributed by atoms with Crippen molar-refractivity contribution in [2.45, 2.75) is 12.8 Å². The van der Waals surface area contributed by atoms with Crippen molar-refractivity contribution >= 4 is 11.1 Å². The van der Waals surface area contributed by atoms with Gasteiger partial charge in [0.1, 0.15) is 0 Å². The molecule has 3 aliphatic carbocycles. The first-order chi connectivity index (χ1) is 14.8. The van der Waals surface area contributed by atoms with Crippen molar-refractivity contribution in [3.63, 3.8) is 0 Å². The minimum atomic E-state index is 0. The molecule has 0 nitrogen and oxygen atoms in total. The summed E-state index contributed by atoms with van der Waals surface area (Å²) in [6, 6.07) is 21.4. The molecule has 0 aromatic heterocycles. The molecule has 0 saturated heterocycles. The van der Waals surface area contributed by atoms with Gasteiger partial charge in [-0.3, -0.25) is 0 Å². The maximum atomic E-state index is 4.29. The van der Waals surface area contributed by atoms with Gasteiger partial charge in [0.2, 0.25) is 0 Å². The van der Waals surface area contributed by atoms with E-state index >= 15 is 0 Å². The minimum Gasteiger partial charge on any atom is -0.342 e. The number of rotatable bonds is 2. The van der Waals surface area contributed by atoms with E-state index in [2.05, 4.69) is 74.5 Å². The molecule has 0 aliphatic heterocycles. The SMILES string of the molecule is [CH2-][C@@H]1CC(c2ccccc2)=C(c2ccccc2)C[C@@H]1[CH2-].[CH]1[CH][CH][CH][CH]1.[CH]1[CH][CH][CH][CH]1.[Zr+4]. The molecule has 152 valence electrons. The summed E-state index contributed by atoms with van der Waals surface area (Å²) in [5.41, 5.74) is 5.53. The summed E-state index contributed by atoms with van der Waals surface area (Å²) in [6.45, 7) is 8.57. The molecule has 2 atom stereocenters. The summed E-state index contributed by atoms with van der Waals surface area (Å²) >= 11 is 0. The normalized spacial score (nSPS) is 22.5. The van der Waals surface area contributed by atoms with E-state index in [1.54, 1.807) is 0 Å². The second kappa shape index (κ2) is 15.0. The third kappa shape index (κ3) is 8.84. The third-order valence-corrected chi connectivity index (χ3v) is 5.32. The van der Waals surface area contributed by atoms with Gasteiger partial charge >= 0.3 is 26.2 Å². The molecule has 2 aromatic carbocycles. The monoisotopic (exact) mass is 480 g/mol. The largest absolute Gasteiger partial charge is 4.00 e. The molecule has 0 N–H and O–H groups in total. The van der Waals surface area contributed by atoms with Gasteiger partial charge in [0, 0.05) is 0 Å². The van der Waals surface area contributed by atoms with E-state index in [4.69, 9.17) is 0 Å². The van der Waals surface area contributed by atoms with Crippen molar-refractivity contribution in [3.8, 4) is 0 Å². The fourth-order valence-corrected chi connectivity index (χ4v) is 3.61. The molecule has 1 heteroatoms. The molecule has 0 unspecified atom stereocenters. The molecule has 0 bridgehead atoms. The van der Waals surface area contributed by atoms with Gasteiger partial charge in [0.25, 0.3) is 0 Å². The van der Waals surface area contributed by atoms with Gasteiger partial charge in [-0.25, -0.2) is 0 Å². The molecule has 0 spiro atoms. The van der Waals surface area contributed by atoms with E-state index in [1.807, 2.05) is 64.2 Å². The molecule has 2 saturated carbocycles. The molecule has 2 aromatic rings. The molecule has 31 heavy (non-hydrogen) atoms. The predicted octanol–water partition coefficient (Wildman–Crippen LogP) is 7.33. The smallest absolute Gasteiger partial charge is 0.342 e. The summed E-state index contributed by atoms with van der Waals surface area (Å²) in [5, 5.41) is 0. The summed E-state index contributed by atoms with van der Waals surface area (Å²) in [7, 11) is 0. The van der Waals surface area contributed by atoms with Gasteiger partial charge in [0.05, 0.1) is 0 Å². The number of hydrogen-bond donors (Lipinski definition) is 0. The van der Waals surface area contributed by atoms with E-state index < -0.39 is 0 Å². The summed E-state index contributed by atoms with van der Waals surface area (Å²) < 4.78 is 0. The van der Waals surface area contributed by atoms with Gasteiger partial charge in [-0.1, -0.05) is 73.5 Å². The molecule has 3 aliphatic rings. The second-order valence-electron chi connectivity index (χ2n) is 7.54. The van der Waals surface area contributed by atoms with E-state index in [0.717, 1.165) is 12.8 Å². The Balaban J connectivity index is 0.000000254. The fourth-order valence-electron chi connectivity index (χ4n) is 3.61. The van der Waals surface area contributed by atoms with Crippen molar-refractivity contribution in [1.82, 2.24) is 0 Å². The van der Waals surface area contributed by atoms with Crippen LogP contribution in [0.25, 0.3) is 11.1 Å². The Kier molecular flexibility index (Phi) is 12.7. The number of allylic oxidation sites excluding steroid dienone is 2. The predicted molar refractivity (Wildman–Crippen MR) is 130 cm³/mol. The van der Waals surface area contributed by atoms with Crippen LogP contribution in [0, 0.1) is 89.9 Å². The first kappa shape index (κ1) is 26.3. The minimum absolute atomic E-state index is 0. The summed E-state index contributed by atoms with van der Waals surface area (Å²) in [6.07, 6.45) is 22.0. The van der Waals surface area contributed by atoms with Gasteiger partial charge in [0.15, 0.2) is 0 Å².